The van der Waals surface area contributed by atoms with E-state index in [2.05, 4.69) is 24.5 Å². The molecule has 2 amide bonds. The molecule has 1 aliphatic rings. The monoisotopic (exact) mass is 411 g/mol. The first-order valence-electron chi connectivity index (χ1n) is 9.63. The zero-order valence-electron chi connectivity index (χ0n) is 16.6. The van der Waals surface area contributed by atoms with Gasteiger partial charge in [-0.1, -0.05) is 26.0 Å². The predicted octanol–water partition coefficient (Wildman–Crippen LogP) is 3.41. The Morgan fingerprint density at radius 2 is 1.55 bits per heavy atom. The topological polar surface area (TPSA) is 70.7 Å². The van der Waals surface area contributed by atoms with Crippen molar-refractivity contribution in [3.05, 3.63) is 65.2 Å². The highest BCUT2D eigenvalue weighted by Crippen LogP contribution is 2.15. The number of rotatable bonds is 4. The fourth-order valence-electron chi connectivity index (χ4n) is 3.00. The number of ether oxygens (including phenoxy) is 1. The van der Waals surface area contributed by atoms with Crippen LogP contribution in [0.3, 0.4) is 0 Å². The molecule has 1 heterocycles. The van der Waals surface area contributed by atoms with Crippen LogP contribution in [-0.4, -0.2) is 48.1 Å². The van der Waals surface area contributed by atoms with Crippen molar-refractivity contribution in [1.82, 2.24) is 10.2 Å². The van der Waals surface area contributed by atoms with E-state index in [4.69, 9.17) is 17.0 Å². The average molecular weight is 412 g/mol. The smallest absolute Gasteiger partial charge is 0.257 e. The van der Waals surface area contributed by atoms with Gasteiger partial charge >= 0.3 is 0 Å². The Bertz CT molecular complexity index is 873. The molecule has 0 radical (unpaired) electrons. The maximum atomic E-state index is 12.5. The molecule has 6 nitrogen and oxygen atoms in total. The van der Waals surface area contributed by atoms with Crippen molar-refractivity contribution in [2.45, 2.75) is 19.8 Å². The summed E-state index contributed by atoms with van der Waals surface area (Å²) in [6.45, 7) is 6.56. The Kier molecular flexibility index (Phi) is 6.95. The van der Waals surface area contributed by atoms with Crippen molar-refractivity contribution in [3.8, 4) is 0 Å². The predicted molar refractivity (Wildman–Crippen MR) is 117 cm³/mol. The van der Waals surface area contributed by atoms with Crippen LogP contribution < -0.4 is 10.6 Å². The second-order valence-electron chi connectivity index (χ2n) is 7.17. The van der Waals surface area contributed by atoms with Crippen LogP contribution in [0.5, 0.6) is 0 Å². The van der Waals surface area contributed by atoms with Gasteiger partial charge in [0.2, 0.25) is 0 Å². The molecule has 152 valence electrons. The van der Waals surface area contributed by atoms with Crippen molar-refractivity contribution in [1.29, 1.82) is 0 Å². The second-order valence-corrected chi connectivity index (χ2v) is 7.58. The van der Waals surface area contributed by atoms with Crippen LogP contribution in [0.25, 0.3) is 0 Å². The number of carbonyl (C=O) groups is 2. The molecule has 0 aromatic heterocycles. The van der Waals surface area contributed by atoms with Gasteiger partial charge in [-0.3, -0.25) is 14.9 Å². The van der Waals surface area contributed by atoms with E-state index in [1.165, 1.54) is 5.56 Å². The summed E-state index contributed by atoms with van der Waals surface area (Å²) >= 11 is 5.23. The van der Waals surface area contributed by atoms with Gasteiger partial charge in [0.25, 0.3) is 11.8 Å². The largest absolute Gasteiger partial charge is 0.378 e. The van der Waals surface area contributed by atoms with Crippen LogP contribution in [0.1, 0.15) is 46.0 Å². The highest BCUT2D eigenvalue weighted by Gasteiger charge is 2.18. The maximum absolute atomic E-state index is 12.5. The van der Waals surface area contributed by atoms with Crippen molar-refractivity contribution >= 4 is 34.8 Å². The Morgan fingerprint density at radius 3 is 2.14 bits per heavy atom. The van der Waals surface area contributed by atoms with Gasteiger partial charge in [0.1, 0.15) is 0 Å². The molecule has 0 unspecified atom stereocenters. The first kappa shape index (κ1) is 21.0. The summed E-state index contributed by atoms with van der Waals surface area (Å²) in [4.78, 5) is 26.6. The second kappa shape index (κ2) is 9.62. The Balaban J connectivity index is 1.54. The number of nitrogens with zero attached hydrogens (tertiary/aromatic N) is 1. The molecule has 3 rings (SSSR count). The van der Waals surface area contributed by atoms with Crippen LogP contribution >= 0.6 is 12.2 Å². The molecule has 0 atom stereocenters. The number of nitrogens with one attached hydrogen (secondary N) is 2. The Hall–Kier alpha value is -2.77. The number of morpholine rings is 1. The van der Waals surface area contributed by atoms with Gasteiger partial charge in [-0.05, 0) is 60.1 Å². The maximum Gasteiger partial charge on any atom is 0.257 e. The van der Waals surface area contributed by atoms with Gasteiger partial charge in [-0.15, -0.1) is 0 Å². The summed E-state index contributed by atoms with van der Waals surface area (Å²) in [6, 6.07) is 14.5. The SMILES string of the molecule is CC(C)c1ccc(C(=O)NC(=S)Nc2ccc(C(=O)N3CCOCC3)cc2)cc1. The fraction of sp³-hybridized carbons (Fsp3) is 0.318. The number of benzene rings is 2. The Morgan fingerprint density at radius 1 is 0.966 bits per heavy atom. The van der Waals surface area contributed by atoms with E-state index in [1.54, 1.807) is 41.3 Å². The highest BCUT2D eigenvalue weighted by molar-refractivity contribution is 7.80. The number of hydrogen-bond acceptors (Lipinski definition) is 4. The molecule has 1 saturated heterocycles. The minimum Gasteiger partial charge on any atom is -0.378 e. The normalized spacial score (nSPS) is 13.8. The molecule has 0 aliphatic carbocycles. The molecule has 1 aliphatic heterocycles. The average Bonchev–Trinajstić information content (AvgIpc) is 2.74. The standard InChI is InChI=1S/C22H25N3O3S/c1-15(2)16-3-5-17(6-4-16)20(26)24-22(29)23-19-9-7-18(8-10-19)21(27)25-11-13-28-14-12-25/h3-10,15H,11-14H2,1-2H3,(H2,23,24,26,29). The fourth-order valence-corrected chi connectivity index (χ4v) is 3.21. The van der Waals surface area contributed by atoms with E-state index in [0.717, 1.165) is 0 Å². The van der Waals surface area contributed by atoms with Gasteiger partial charge in [0.05, 0.1) is 13.2 Å². The summed E-state index contributed by atoms with van der Waals surface area (Å²) < 4.78 is 5.28. The molecule has 2 aromatic rings. The van der Waals surface area contributed by atoms with Gasteiger partial charge in [-0.2, -0.15) is 0 Å². The van der Waals surface area contributed by atoms with Crippen molar-refractivity contribution < 1.29 is 14.3 Å². The molecular weight excluding hydrogens is 386 g/mol. The summed E-state index contributed by atoms with van der Waals surface area (Å²) in [6.07, 6.45) is 0. The number of carbonyl (C=O) groups excluding carboxylic acids is 2. The molecule has 0 saturated carbocycles. The van der Waals surface area contributed by atoms with Crippen LogP contribution in [0.4, 0.5) is 5.69 Å². The zero-order chi connectivity index (χ0) is 20.8. The summed E-state index contributed by atoms with van der Waals surface area (Å²) in [7, 11) is 0. The summed E-state index contributed by atoms with van der Waals surface area (Å²) in [5.41, 5.74) is 3.03. The third kappa shape index (κ3) is 5.62. The lowest BCUT2D eigenvalue weighted by Gasteiger charge is -2.26. The minimum absolute atomic E-state index is 0.0134. The quantitative estimate of drug-likeness (QED) is 0.755. The van der Waals surface area contributed by atoms with E-state index in [0.29, 0.717) is 49.0 Å². The van der Waals surface area contributed by atoms with Crippen molar-refractivity contribution in [3.63, 3.8) is 0 Å². The number of amides is 2. The van der Waals surface area contributed by atoms with Crippen LogP contribution in [0, 0.1) is 0 Å². The lowest BCUT2D eigenvalue weighted by Crippen LogP contribution is -2.40. The zero-order valence-corrected chi connectivity index (χ0v) is 17.4. The number of anilines is 1. The lowest BCUT2D eigenvalue weighted by molar-refractivity contribution is 0.0303. The molecule has 1 fully saturated rings. The molecule has 29 heavy (non-hydrogen) atoms. The van der Waals surface area contributed by atoms with Gasteiger partial charge in [0, 0.05) is 29.9 Å². The van der Waals surface area contributed by atoms with E-state index < -0.39 is 0 Å². The van der Waals surface area contributed by atoms with Crippen molar-refractivity contribution in [2.75, 3.05) is 31.6 Å². The molecule has 0 spiro atoms. The number of thiocarbonyl (C=S) groups is 1. The minimum atomic E-state index is -0.267. The van der Waals surface area contributed by atoms with E-state index in [1.807, 2.05) is 12.1 Å². The van der Waals surface area contributed by atoms with E-state index in [-0.39, 0.29) is 16.9 Å². The van der Waals surface area contributed by atoms with Crippen LogP contribution in [-0.2, 0) is 4.74 Å². The summed E-state index contributed by atoms with van der Waals surface area (Å²) in [5.74, 6) is 0.130. The Labute approximate surface area is 176 Å². The number of hydrogen-bond donors (Lipinski definition) is 2. The van der Waals surface area contributed by atoms with E-state index >= 15 is 0 Å². The molecule has 7 heteroatoms. The summed E-state index contributed by atoms with van der Waals surface area (Å²) in [5, 5.41) is 5.85. The van der Waals surface area contributed by atoms with Gasteiger partial charge in [-0.25, -0.2) is 0 Å². The third-order valence-corrected chi connectivity index (χ3v) is 4.96. The van der Waals surface area contributed by atoms with Crippen LogP contribution in [0.15, 0.2) is 48.5 Å². The highest BCUT2D eigenvalue weighted by atomic mass is 32.1. The van der Waals surface area contributed by atoms with Crippen molar-refractivity contribution in [2.24, 2.45) is 0 Å². The molecule has 2 N–H and O–H groups in total. The van der Waals surface area contributed by atoms with E-state index in [9.17, 15) is 9.59 Å². The van der Waals surface area contributed by atoms with Gasteiger partial charge < -0.3 is 15.0 Å². The molecule has 0 bridgehead atoms. The van der Waals surface area contributed by atoms with Gasteiger partial charge in [0.15, 0.2) is 5.11 Å². The lowest BCUT2D eigenvalue weighted by atomic mass is 10.0. The third-order valence-electron chi connectivity index (χ3n) is 4.75. The first-order chi connectivity index (χ1) is 13.9. The molecule has 2 aromatic carbocycles. The first-order valence-corrected chi connectivity index (χ1v) is 10.0. The molecular formula is C22H25N3O3S. The van der Waals surface area contributed by atoms with Crippen LogP contribution in [0.2, 0.25) is 0 Å².